The largest absolute Gasteiger partial charge is 0.493 e. The van der Waals surface area contributed by atoms with Crippen molar-refractivity contribution in [3.8, 4) is 17.2 Å². The molecular formula is C11H14O6S. The van der Waals surface area contributed by atoms with Gasteiger partial charge in [0.2, 0.25) is 12.5 Å². The fraction of sp³-hybridized carbons (Fsp3) is 0.455. The van der Waals surface area contributed by atoms with Crippen molar-refractivity contribution in [1.82, 2.24) is 0 Å². The molecule has 1 aromatic carbocycles. The molecule has 18 heavy (non-hydrogen) atoms. The van der Waals surface area contributed by atoms with E-state index < -0.39 is 10.1 Å². The van der Waals surface area contributed by atoms with Crippen LogP contribution in [0.5, 0.6) is 17.2 Å². The molecule has 0 spiro atoms. The highest BCUT2D eigenvalue weighted by Crippen LogP contribution is 2.41. The van der Waals surface area contributed by atoms with Crippen LogP contribution in [-0.2, 0) is 16.5 Å². The van der Waals surface area contributed by atoms with Crippen molar-refractivity contribution in [2.45, 2.75) is 12.8 Å². The van der Waals surface area contributed by atoms with Crippen LogP contribution in [0, 0.1) is 0 Å². The van der Waals surface area contributed by atoms with Gasteiger partial charge in [0.25, 0.3) is 10.1 Å². The van der Waals surface area contributed by atoms with Crippen molar-refractivity contribution in [1.29, 1.82) is 0 Å². The predicted octanol–water partition coefficient (Wildman–Crippen LogP) is 1.24. The van der Waals surface area contributed by atoms with Gasteiger partial charge < -0.3 is 14.2 Å². The molecule has 0 saturated heterocycles. The van der Waals surface area contributed by atoms with Crippen LogP contribution < -0.4 is 14.2 Å². The molecule has 1 aromatic rings. The Kier molecular flexibility index (Phi) is 3.63. The average Bonchev–Trinajstić information content (AvgIpc) is 2.74. The fourth-order valence-electron chi connectivity index (χ4n) is 1.79. The van der Waals surface area contributed by atoms with Gasteiger partial charge in [0.15, 0.2) is 11.5 Å². The molecule has 0 atom stereocenters. The van der Waals surface area contributed by atoms with E-state index in [-0.39, 0.29) is 12.5 Å². The quantitative estimate of drug-likeness (QED) is 0.814. The van der Waals surface area contributed by atoms with Crippen molar-refractivity contribution in [3.63, 3.8) is 0 Å². The summed E-state index contributed by atoms with van der Waals surface area (Å²) >= 11 is 0. The molecule has 1 aliphatic heterocycles. The number of rotatable bonds is 5. The Balaban J connectivity index is 2.10. The summed E-state index contributed by atoms with van der Waals surface area (Å²) in [6.07, 6.45) is 0.842. The number of hydrogen-bond donors (Lipinski definition) is 1. The summed E-state index contributed by atoms with van der Waals surface area (Å²) in [5, 5.41) is 0. The Morgan fingerprint density at radius 3 is 2.83 bits per heavy atom. The molecule has 1 N–H and O–H groups in total. The summed E-state index contributed by atoms with van der Waals surface area (Å²) in [7, 11) is -2.38. The van der Waals surface area contributed by atoms with E-state index in [4.69, 9.17) is 18.8 Å². The molecule has 0 bridgehead atoms. The van der Waals surface area contributed by atoms with Crippen LogP contribution in [0.25, 0.3) is 0 Å². The molecule has 0 fully saturated rings. The molecule has 0 amide bonds. The molecule has 0 aliphatic carbocycles. The maximum absolute atomic E-state index is 10.6. The summed E-state index contributed by atoms with van der Waals surface area (Å²) < 4.78 is 45.6. The molecule has 2 rings (SSSR count). The lowest BCUT2D eigenvalue weighted by molar-refractivity contribution is 0.171. The van der Waals surface area contributed by atoms with Crippen LogP contribution in [0.4, 0.5) is 0 Å². The lowest BCUT2D eigenvalue weighted by Gasteiger charge is -2.07. The minimum absolute atomic E-state index is 0.153. The van der Waals surface area contributed by atoms with E-state index in [9.17, 15) is 8.42 Å². The highest BCUT2D eigenvalue weighted by atomic mass is 32.2. The third kappa shape index (κ3) is 3.05. The van der Waals surface area contributed by atoms with Crippen molar-refractivity contribution in [3.05, 3.63) is 17.7 Å². The first-order valence-electron chi connectivity index (χ1n) is 5.41. The van der Waals surface area contributed by atoms with Crippen LogP contribution >= 0.6 is 0 Å². The molecule has 0 unspecified atom stereocenters. The topological polar surface area (TPSA) is 82.1 Å². The third-order valence-corrected chi connectivity index (χ3v) is 3.39. The van der Waals surface area contributed by atoms with Crippen LogP contribution in [-0.4, -0.2) is 32.6 Å². The molecule has 6 nitrogen and oxygen atoms in total. The second-order valence-corrected chi connectivity index (χ2v) is 5.49. The zero-order valence-electron chi connectivity index (χ0n) is 9.88. The van der Waals surface area contributed by atoms with Crippen LogP contribution in [0.1, 0.15) is 12.0 Å². The number of hydrogen-bond acceptors (Lipinski definition) is 5. The molecule has 1 aliphatic rings. The molecule has 100 valence electrons. The van der Waals surface area contributed by atoms with E-state index in [0.717, 1.165) is 5.56 Å². The van der Waals surface area contributed by atoms with E-state index in [1.807, 2.05) is 0 Å². The first-order chi connectivity index (χ1) is 8.49. The van der Waals surface area contributed by atoms with Crippen LogP contribution in [0.2, 0.25) is 0 Å². The smallest absolute Gasteiger partial charge is 0.264 e. The van der Waals surface area contributed by atoms with Crippen LogP contribution in [0.15, 0.2) is 12.1 Å². The Morgan fingerprint density at radius 1 is 1.39 bits per heavy atom. The maximum Gasteiger partial charge on any atom is 0.264 e. The Hall–Kier alpha value is -1.47. The van der Waals surface area contributed by atoms with Gasteiger partial charge in [-0.05, 0) is 30.5 Å². The lowest BCUT2D eigenvalue weighted by Crippen LogP contribution is -2.04. The fourth-order valence-corrected chi connectivity index (χ4v) is 2.30. The van der Waals surface area contributed by atoms with E-state index in [0.29, 0.717) is 30.1 Å². The maximum atomic E-state index is 10.6. The van der Waals surface area contributed by atoms with Gasteiger partial charge in [0, 0.05) is 0 Å². The van der Waals surface area contributed by atoms with Gasteiger partial charge in [0.05, 0.1) is 12.9 Å². The summed E-state index contributed by atoms with van der Waals surface area (Å²) in [4.78, 5) is 0. The Labute approximate surface area is 105 Å². The third-order valence-electron chi connectivity index (χ3n) is 2.59. The summed E-state index contributed by atoms with van der Waals surface area (Å²) in [5.74, 6) is 1.46. The van der Waals surface area contributed by atoms with E-state index >= 15 is 0 Å². The molecule has 0 radical (unpaired) electrons. The Morgan fingerprint density at radius 2 is 2.17 bits per heavy atom. The summed E-state index contributed by atoms with van der Waals surface area (Å²) in [6, 6.07) is 3.56. The number of benzene rings is 1. The SMILES string of the molecule is COc1cc(CCCS(=O)(=O)O)cc2c1OCO2. The lowest BCUT2D eigenvalue weighted by atomic mass is 10.1. The van der Waals surface area contributed by atoms with Gasteiger partial charge in [-0.1, -0.05) is 0 Å². The minimum atomic E-state index is -3.91. The molecular weight excluding hydrogens is 260 g/mol. The van der Waals surface area contributed by atoms with Crippen molar-refractivity contribution in [2.24, 2.45) is 0 Å². The second-order valence-electron chi connectivity index (χ2n) is 3.92. The zero-order chi connectivity index (χ0) is 13.2. The van der Waals surface area contributed by atoms with E-state index in [2.05, 4.69) is 0 Å². The molecule has 7 heteroatoms. The van der Waals surface area contributed by atoms with Gasteiger partial charge in [-0.15, -0.1) is 0 Å². The van der Waals surface area contributed by atoms with Gasteiger partial charge in [0.1, 0.15) is 0 Å². The normalized spacial score (nSPS) is 13.7. The number of fused-ring (bicyclic) bond motifs is 1. The predicted molar refractivity (Wildman–Crippen MR) is 63.9 cm³/mol. The van der Waals surface area contributed by atoms with Crippen molar-refractivity contribution < 1.29 is 27.2 Å². The Bertz CT molecular complexity index is 537. The summed E-state index contributed by atoms with van der Waals surface area (Å²) in [6.45, 7) is 0.153. The molecule has 0 aromatic heterocycles. The molecule has 1 heterocycles. The van der Waals surface area contributed by atoms with E-state index in [1.165, 1.54) is 7.11 Å². The average molecular weight is 274 g/mol. The minimum Gasteiger partial charge on any atom is -0.493 e. The highest BCUT2D eigenvalue weighted by Gasteiger charge is 2.20. The van der Waals surface area contributed by atoms with Crippen LogP contribution in [0.3, 0.4) is 0 Å². The van der Waals surface area contributed by atoms with E-state index in [1.54, 1.807) is 12.1 Å². The number of ether oxygens (including phenoxy) is 3. The first-order valence-corrected chi connectivity index (χ1v) is 7.02. The van der Waals surface area contributed by atoms with Crippen molar-refractivity contribution >= 4 is 10.1 Å². The van der Waals surface area contributed by atoms with Gasteiger partial charge in [-0.3, -0.25) is 4.55 Å². The van der Waals surface area contributed by atoms with Gasteiger partial charge in [-0.2, -0.15) is 8.42 Å². The van der Waals surface area contributed by atoms with Gasteiger partial charge >= 0.3 is 0 Å². The second kappa shape index (κ2) is 5.03. The monoisotopic (exact) mass is 274 g/mol. The molecule has 0 saturated carbocycles. The van der Waals surface area contributed by atoms with Gasteiger partial charge in [-0.25, -0.2) is 0 Å². The zero-order valence-corrected chi connectivity index (χ0v) is 10.7. The number of methoxy groups -OCH3 is 1. The van der Waals surface area contributed by atoms with Crippen molar-refractivity contribution in [2.75, 3.05) is 19.7 Å². The summed E-state index contributed by atoms with van der Waals surface area (Å²) in [5.41, 5.74) is 0.875. The first kappa shape index (κ1) is 13.0. The number of aryl methyl sites for hydroxylation is 1. The standard InChI is InChI=1S/C11H14O6S/c1-15-9-5-8(3-2-4-18(12,13)14)6-10-11(9)17-7-16-10/h5-6H,2-4,7H2,1H3,(H,12,13,14). The highest BCUT2D eigenvalue weighted by molar-refractivity contribution is 7.85.